The summed E-state index contributed by atoms with van der Waals surface area (Å²) < 4.78 is 11.6. The van der Waals surface area contributed by atoms with Crippen molar-refractivity contribution in [2.24, 2.45) is 5.92 Å². The van der Waals surface area contributed by atoms with Crippen molar-refractivity contribution in [3.8, 4) is 0 Å². The predicted molar refractivity (Wildman–Crippen MR) is 140 cm³/mol. The van der Waals surface area contributed by atoms with E-state index in [2.05, 4.69) is 41.1 Å². The second kappa shape index (κ2) is 15.5. The van der Waals surface area contributed by atoms with E-state index >= 15 is 0 Å². The Kier molecular flexibility index (Phi) is 14.3. The van der Waals surface area contributed by atoms with Crippen LogP contribution in [0.4, 0.5) is 0 Å². The van der Waals surface area contributed by atoms with Gasteiger partial charge in [-0.15, -0.1) is 0 Å². The first-order valence-corrected chi connectivity index (χ1v) is 15.9. The average Bonchev–Trinajstić information content (AvgIpc) is 3.03. The fourth-order valence-corrected chi connectivity index (χ4v) is 5.51. The molecule has 5 nitrogen and oxygen atoms in total. The molecule has 0 aromatic carbocycles. The summed E-state index contributed by atoms with van der Waals surface area (Å²) in [6.45, 7) is 11.1. The number of esters is 1. The van der Waals surface area contributed by atoms with Crippen LogP contribution in [0.2, 0.25) is 0 Å². The Morgan fingerprint density at radius 3 is 2.74 bits per heavy atom. The highest BCUT2D eigenvalue weighted by Crippen LogP contribution is 2.39. The standard InChI is InChI=1S/C21H30IO5PS.C2H6/c1-4-17-15(3)11-16-12-27-21(23)19(16)20(26-9-6-10-29-22)18(17)8-5-7-14(2)13-28(24)25;1-2/h7,11,15,24-25H,4-6,8-10,12-13H2,1-3H3;1-2H3/b14-7+;. The molecular weight excluding hydrogens is 546 g/mol. The minimum absolute atomic E-state index is 0.216. The smallest absolute Gasteiger partial charge is 0.342 e. The number of carbonyl (C=O) groups is 1. The van der Waals surface area contributed by atoms with E-state index in [0.29, 0.717) is 30.7 Å². The van der Waals surface area contributed by atoms with Gasteiger partial charge in [-0.1, -0.05) is 59.9 Å². The molecule has 0 aromatic heterocycles. The first-order valence-electron chi connectivity index (χ1n) is 10.9. The van der Waals surface area contributed by atoms with E-state index in [1.807, 2.05) is 26.8 Å². The lowest BCUT2D eigenvalue weighted by Crippen LogP contribution is -2.09. The predicted octanol–water partition coefficient (Wildman–Crippen LogP) is 6.62. The molecule has 1 saturated heterocycles. The van der Waals surface area contributed by atoms with Crippen molar-refractivity contribution >= 4 is 44.5 Å². The van der Waals surface area contributed by atoms with E-state index < -0.39 is 8.38 Å². The van der Waals surface area contributed by atoms with E-state index in [-0.39, 0.29) is 11.9 Å². The van der Waals surface area contributed by atoms with Crippen LogP contribution in [-0.2, 0) is 14.3 Å². The number of halogens is 1. The molecule has 31 heavy (non-hydrogen) atoms. The topological polar surface area (TPSA) is 76.0 Å². The third-order valence-electron chi connectivity index (χ3n) is 5.04. The number of carbonyl (C=O) groups excluding carboxylic acids is 1. The van der Waals surface area contributed by atoms with Gasteiger partial charge in [-0.25, -0.2) is 4.79 Å². The minimum Gasteiger partial charge on any atom is -0.492 e. The van der Waals surface area contributed by atoms with Crippen molar-refractivity contribution in [2.45, 2.75) is 60.3 Å². The molecule has 2 aliphatic rings. The zero-order valence-corrected chi connectivity index (χ0v) is 23.1. The van der Waals surface area contributed by atoms with E-state index in [9.17, 15) is 14.6 Å². The number of ether oxygens (including phenoxy) is 2. The number of rotatable bonds is 11. The fraction of sp³-hybridized carbons (Fsp3) is 0.609. The van der Waals surface area contributed by atoms with Crippen molar-refractivity contribution in [1.82, 2.24) is 0 Å². The molecule has 1 fully saturated rings. The Hall–Kier alpha value is -0.340. The van der Waals surface area contributed by atoms with Gasteiger partial charge < -0.3 is 19.3 Å². The molecule has 1 heterocycles. The SMILES string of the molecule is CC.CCC1=C(CC/C=C(\C)CP(O)O)C(OCCCSI)=C2C(=O)OCC2=CC1C. The highest BCUT2D eigenvalue weighted by Gasteiger charge is 2.34. The Morgan fingerprint density at radius 2 is 2.13 bits per heavy atom. The highest BCUT2D eigenvalue weighted by molar-refractivity contribution is 14.2. The summed E-state index contributed by atoms with van der Waals surface area (Å²) in [7, 11) is -0.163. The number of hydrogen-bond donors (Lipinski definition) is 2. The van der Waals surface area contributed by atoms with Crippen LogP contribution in [-0.4, -0.2) is 40.9 Å². The van der Waals surface area contributed by atoms with Crippen molar-refractivity contribution in [3.05, 3.63) is 45.8 Å². The van der Waals surface area contributed by atoms with Crippen LogP contribution in [0.5, 0.6) is 0 Å². The van der Waals surface area contributed by atoms with E-state index in [1.165, 1.54) is 5.57 Å². The average molecular weight is 582 g/mol. The molecule has 1 aliphatic carbocycles. The molecule has 0 saturated carbocycles. The summed E-state index contributed by atoms with van der Waals surface area (Å²) in [5.41, 5.74) is 4.88. The van der Waals surface area contributed by atoms with Gasteiger partial charge in [0.1, 0.15) is 17.9 Å². The van der Waals surface area contributed by atoms with Gasteiger partial charge in [0.2, 0.25) is 0 Å². The van der Waals surface area contributed by atoms with Crippen molar-refractivity contribution < 1.29 is 24.1 Å². The van der Waals surface area contributed by atoms with Crippen LogP contribution in [0, 0.1) is 5.92 Å². The molecule has 0 spiro atoms. The second-order valence-electron chi connectivity index (χ2n) is 7.25. The van der Waals surface area contributed by atoms with Crippen molar-refractivity contribution in [2.75, 3.05) is 25.1 Å². The molecule has 1 aliphatic heterocycles. The first-order chi connectivity index (χ1) is 14.9. The normalized spacial score (nSPS) is 19.0. The summed E-state index contributed by atoms with van der Waals surface area (Å²) in [6.07, 6.45) is 7.80. The van der Waals surface area contributed by atoms with Gasteiger partial charge in [0, 0.05) is 17.5 Å². The highest BCUT2D eigenvalue weighted by atomic mass is 127. The van der Waals surface area contributed by atoms with Gasteiger partial charge in [0.15, 0.2) is 8.38 Å². The van der Waals surface area contributed by atoms with Gasteiger partial charge in [0.25, 0.3) is 0 Å². The van der Waals surface area contributed by atoms with Crippen LogP contribution in [0.1, 0.15) is 60.3 Å². The Balaban J connectivity index is 0.00000233. The summed E-state index contributed by atoms with van der Waals surface area (Å²) >= 11 is 2.28. The Bertz CT molecular complexity index is 727. The Labute approximate surface area is 204 Å². The zero-order chi connectivity index (χ0) is 23.4. The third-order valence-corrected chi connectivity index (χ3v) is 7.59. The molecule has 0 amide bonds. The molecule has 8 heteroatoms. The summed E-state index contributed by atoms with van der Waals surface area (Å²) in [6, 6.07) is 0. The van der Waals surface area contributed by atoms with Crippen LogP contribution in [0.3, 0.4) is 0 Å². The maximum atomic E-state index is 12.5. The quantitative estimate of drug-likeness (QED) is 0.0938. The van der Waals surface area contributed by atoms with Gasteiger partial charge in [-0.2, -0.15) is 0 Å². The largest absolute Gasteiger partial charge is 0.492 e. The Morgan fingerprint density at radius 1 is 1.42 bits per heavy atom. The maximum Gasteiger partial charge on any atom is 0.342 e. The molecule has 0 bridgehead atoms. The number of hydrogen-bond acceptors (Lipinski definition) is 6. The molecule has 0 aromatic rings. The number of cyclic esters (lactones) is 1. The fourth-order valence-electron chi connectivity index (χ4n) is 3.77. The second-order valence-corrected chi connectivity index (χ2v) is 10.8. The maximum absolute atomic E-state index is 12.5. The van der Waals surface area contributed by atoms with Gasteiger partial charge in [-0.3, -0.25) is 0 Å². The lowest BCUT2D eigenvalue weighted by Gasteiger charge is -2.20. The van der Waals surface area contributed by atoms with Crippen molar-refractivity contribution in [3.63, 3.8) is 0 Å². The molecule has 1 unspecified atom stereocenters. The van der Waals surface area contributed by atoms with Gasteiger partial charge >= 0.3 is 5.97 Å². The van der Waals surface area contributed by atoms with E-state index in [1.54, 1.807) is 8.93 Å². The monoisotopic (exact) mass is 582 g/mol. The summed E-state index contributed by atoms with van der Waals surface area (Å²) in [5, 5.41) is 0. The van der Waals surface area contributed by atoms with Crippen LogP contribution < -0.4 is 0 Å². The summed E-state index contributed by atoms with van der Waals surface area (Å²) in [4.78, 5) is 31.0. The van der Waals surface area contributed by atoms with Crippen LogP contribution >= 0.6 is 38.5 Å². The van der Waals surface area contributed by atoms with Crippen LogP contribution in [0.15, 0.2) is 45.8 Å². The lowest BCUT2D eigenvalue weighted by atomic mass is 9.90. The molecular formula is C23H36IO5PS. The molecule has 2 rings (SSSR count). The first kappa shape index (κ1) is 28.7. The molecule has 0 radical (unpaired) electrons. The number of fused-ring (bicyclic) bond motifs is 1. The van der Waals surface area contributed by atoms with Gasteiger partial charge in [-0.05, 0) is 65.3 Å². The zero-order valence-electron chi connectivity index (χ0n) is 19.2. The number of allylic oxidation sites excluding steroid dienone is 5. The lowest BCUT2D eigenvalue weighted by molar-refractivity contribution is -0.135. The van der Waals surface area contributed by atoms with Crippen LogP contribution in [0.25, 0.3) is 0 Å². The summed E-state index contributed by atoms with van der Waals surface area (Å²) in [5.74, 6) is 1.61. The molecule has 1 atom stereocenters. The molecule has 2 N–H and O–H groups in total. The van der Waals surface area contributed by atoms with Gasteiger partial charge in [0.05, 0.1) is 6.61 Å². The molecule has 176 valence electrons. The van der Waals surface area contributed by atoms with Crippen molar-refractivity contribution in [1.29, 1.82) is 0 Å². The minimum atomic E-state index is -1.91. The third kappa shape index (κ3) is 8.84. The van der Waals surface area contributed by atoms with E-state index in [4.69, 9.17) is 9.47 Å². The van der Waals surface area contributed by atoms with E-state index in [0.717, 1.165) is 48.2 Å².